The monoisotopic (exact) mass is 1350 g/mol. The molecule has 6 heterocycles. The number of nitrogens with two attached hydrogens (primary N) is 1. The summed E-state index contributed by atoms with van der Waals surface area (Å²) in [5.41, 5.74) is 21.6. The van der Waals surface area contributed by atoms with E-state index < -0.39 is 40.0 Å². The Hall–Kier alpha value is -8.68. The van der Waals surface area contributed by atoms with Crippen LogP contribution in [-0.2, 0) is 66.9 Å². The third-order valence-corrected chi connectivity index (χ3v) is 33.0. The second-order valence-corrected chi connectivity index (χ2v) is 39.2. The van der Waals surface area contributed by atoms with Crippen molar-refractivity contribution in [2.45, 2.75) is 174 Å². The number of halogens is 6. The molecular weight excluding hydrogens is 1260 g/mol. The molecule has 0 aliphatic carbocycles. The summed E-state index contributed by atoms with van der Waals surface area (Å²) < 4.78 is 82.7. The summed E-state index contributed by atoms with van der Waals surface area (Å²) in [6.07, 6.45) is 6.19. The number of pyridine rings is 3. The van der Waals surface area contributed by atoms with Crippen LogP contribution in [0.5, 0.6) is 0 Å². The third-order valence-electron chi connectivity index (χ3n) is 19.5. The van der Waals surface area contributed by atoms with Crippen LogP contribution in [0.2, 0.25) is 33.2 Å². The Morgan fingerprint density at radius 2 is 0.742 bits per heavy atom. The number of nitrogens with zero attached hydrogens (tertiary/aromatic N) is 5. The van der Waals surface area contributed by atoms with Crippen molar-refractivity contribution in [3.63, 3.8) is 0 Å². The average molecular weight is 1350 g/mol. The molecule has 0 fully saturated rings. The average Bonchev–Trinajstić information content (AvgIpc) is 1.60. The molecule has 6 aromatic heterocycles. The Balaban J connectivity index is 0.000000174. The number of Topliss-reactive ketones (excluding diaryl/α,β-unsaturated/α-hetero) is 2. The van der Waals surface area contributed by atoms with Crippen LogP contribution in [0.4, 0.5) is 32.0 Å². The molecule has 0 saturated heterocycles. The predicted molar refractivity (Wildman–Crippen MR) is 388 cm³/mol. The quantitative estimate of drug-likeness (QED) is 0.0396. The number of benzene rings is 5. The van der Waals surface area contributed by atoms with E-state index in [0.717, 1.165) is 99.4 Å². The van der Waals surface area contributed by atoms with Crippen molar-refractivity contribution in [3.05, 3.63) is 262 Å². The van der Waals surface area contributed by atoms with Crippen LogP contribution in [0.15, 0.2) is 195 Å². The van der Waals surface area contributed by atoms with Gasteiger partial charge in [-0.3, -0.25) is 9.59 Å². The van der Waals surface area contributed by atoms with Gasteiger partial charge in [0.15, 0.2) is 16.5 Å². The number of rotatable bonds is 22. The smallest absolute Gasteiger partial charge is 0.399 e. The summed E-state index contributed by atoms with van der Waals surface area (Å²) in [7, 11) is -3.82. The number of nitrogen functional groups attached to an aromatic ring is 1. The molecule has 0 radical (unpaired) electrons. The Morgan fingerprint density at radius 3 is 1.11 bits per heavy atom. The molecule has 11 aromatic rings. The van der Waals surface area contributed by atoms with Crippen LogP contribution in [-0.4, -0.2) is 56.4 Å². The first-order valence-electron chi connectivity index (χ1n) is 33.7. The zero-order chi connectivity index (χ0) is 70.1. The summed E-state index contributed by atoms with van der Waals surface area (Å²) in [5.74, 6) is -0.233. The van der Waals surface area contributed by atoms with Gasteiger partial charge < -0.3 is 19.2 Å². The summed E-state index contributed by atoms with van der Waals surface area (Å²) >= 11 is 0. The van der Waals surface area contributed by atoms with Gasteiger partial charge in [0.1, 0.15) is 28.5 Å². The zero-order valence-corrected chi connectivity index (χ0v) is 59.8. The second kappa shape index (κ2) is 30.8. The van der Waals surface area contributed by atoms with E-state index in [-0.39, 0.29) is 37.2 Å². The van der Waals surface area contributed by atoms with Gasteiger partial charge in [0, 0.05) is 84.7 Å². The highest BCUT2D eigenvalue weighted by molar-refractivity contribution is 6.83. The van der Waals surface area contributed by atoms with Gasteiger partial charge in [0.2, 0.25) is 0 Å². The Morgan fingerprint density at radius 1 is 0.412 bits per heavy atom. The highest BCUT2D eigenvalue weighted by atomic mass is 28.3. The summed E-state index contributed by atoms with van der Waals surface area (Å²) in [6.45, 7) is 28.5. The molecule has 0 aliphatic heterocycles. The second-order valence-electron chi connectivity index (χ2n) is 27.8. The number of carbonyl (C=O) groups is 2. The number of fused-ring (bicyclic) bond motifs is 3. The van der Waals surface area contributed by atoms with Crippen molar-refractivity contribution in [2.24, 2.45) is 0 Å². The Labute approximate surface area is 569 Å². The summed E-state index contributed by atoms with van der Waals surface area (Å²) in [6, 6.07) is 46.3. The van der Waals surface area contributed by atoms with Crippen molar-refractivity contribution in [2.75, 3.05) is 5.73 Å². The van der Waals surface area contributed by atoms with Gasteiger partial charge in [-0.25, -0.2) is 15.0 Å². The topological polar surface area (TPSA) is 124 Å². The van der Waals surface area contributed by atoms with Crippen molar-refractivity contribution < 1.29 is 35.9 Å². The lowest BCUT2D eigenvalue weighted by molar-refractivity contribution is -0.138. The van der Waals surface area contributed by atoms with Crippen LogP contribution >= 0.6 is 0 Å². The number of carbonyl (C=O) groups excluding carboxylic acids is 2. The van der Waals surface area contributed by atoms with Crippen LogP contribution in [0.25, 0.3) is 33.1 Å². The van der Waals surface area contributed by atoms with E-state index in [0.29, 0.717) is 44.4 Å². The number of H-pyrrole nitrogens is 1. The van der Waals surface area contributed by atoms with E-state index >= 15 is 0 Å². The minimum absolute atomic E-state index is 0.0198. The maximum Gasteiger partial charge on any atom is 0.416 e. The molecule has 11 rings (SSSR count). The molecular formula is C80H91F6N7O2Si2. The lowest BCUT2D eigenvalue weighted by atomic mass is 9.99. The molecule has 0 aliphatic rings. The van der Waals surface area contributed by atoms with Gasteiger partial charge >= 0.3 is 12.4 Å². The number of alkyl halides is 6. The van der Waals surface area contributed by atoms with E-state index in [1.54, 1.807) is 18.3 Å². The number of nitrogens with one attached hydrogen (secondary N) is 1. The predicted octanol–water partition coefficient (Wildman–Crippen LogP) is 20.8. The van der Waals surface area contributed by atoms with Gasteiger partial charge in [-0.2, -0.15) is 26.3 Å². The first-order valence-corrected chi connectivity index (χ1v) is 38.0. The molecule has 97 heavy (non-hydrogen) atoms. The Bertz CT molecular complexity index is 4410. The Kier molecular flexibility index (Phi) is 23.1. The van der Waals surface area contributed by atoms with Crippen molar-refractivity contribution >= 4 is 66.8 Å². The minimum Gasteiger partial charge on any atom is -0.399 e. The third kappa shape index (κ3) is 16.7. The first-order chi connectivity index (χ1) is 46.0. The molecule has 5 aromatic carbocycles. The van der Waals surface area contributed by atoms with Crippen LogP contribution in [0.3, 0.4) is 0 Å². The van der Waals surface area contributed by atoms with Gasteiger partial charge in [-0.05, 0) is 169 Å². The number of hydrogen-bond acceptors (Lipinski definition) is 6. The van der Waals surface area contributed by atoms with Gasteiger partial charge in [-0.1, -0.05) is 180 Å². The van der Waals surface area contributed by atoms with Crippen molar-refractivity contribution in [1.29, 1.82) is 0 Å². The highest BCUT2D eigenvalue weighted by Crippen LogP contribution is 2.47. The fourth-order valence-electron chi connectivity index (χ4n) is 15.5. The molecule has 3 N–H and O–H groups in total. The normalized spacial score (nSPS) is 12.4. The zero-order valence-electron chi connectivity index (χ0n) is 57.8. The minimum atomic E-state index is -4.42. The van der Waals surface area contributed by atoms with Crippen LogP contribution in [0, 0.1) is 0 Å². The summed E-state index contributed by atoms with van der Waals surface area (Å²) in [4.78, 5) is 42.1. The highest BCUT2D eigenvalue weighted by Gasteiger charge is 2.48. The number of ketones is 2. The number of anilines is 1. The fourth-order valence-corrected chi connectivity index (χ4v) is 28.7. The molecule has 0 amide bonds. The van der Waals surface area contributed by atoms with Gasteiger partial charge in [0.25, 0.3) is 0 Å². The van der Waals surface area contributed by atoms with E-state index in [4.69, 9.17) is 15.7 Å². The molecule has 508 valence electrons. The molecule has 0 bridgehead atoms. The summed E-state index contributed by atoms with van der Waals surface area (Å²) in [5, 5.41) is 3.55. The van der Waals surface area contributed by atoms with Crippen molar-refractivity contribution in [1.82, 2.24) is 28.4 Å². The lowest BCUT2D eigenvalue weighted by Crippen LogP contribution is -2.51. The molecule has 17 heteroatoms. The molecule has 0 unspecified atom stereocenters. The standard InChI is InChI=1S/C33H39F3N2OSi.C24H19F3N2O.C23H33N3Si/c1-22(2)40(23(3)4,24(5)6)38-21-28(31-11-8-16-37-32(31)38)17-25-12-14-26(15-13-25)19-30(39)20-27-9-7-10-29(18-27)33(34,35)36;25-24(26,27)20-4-1-3-18(12-20)14-21(30)13-17-8-6-16(7-9-17)11-19-15-29-23-22(19)5-2-10-28-23;1-16(2)27(17(3)4,18(5)6)26-15-20(22-8-7-13-25-23(22)26)14-19-9-11-21(24)12-10-19/h7-16,18,21-24H,17,19-20H2,1-6H3;1-10,12,15H,11,13-14H2,(H,28,29);7-13,15-18H,14,24H2,1-6H3. The van der Waals surface area contributed by atoms with Gasteiger partial charge in [-0.15, -0.1) is 0 Å². The lowest BCUT2D eigenvalue weighted by Gasteiger charge is -2.44. The van der Waals surface area contributed by atoms with Gasteiger partial charge in [0.05, 0.1) is 11.1 Å². The van der Waals surface area contributed by atoms with Crippen LogP contribution in [0.1, 0.15) is 150 Å². The van der Waals surface area contributed by atoms with E-state index in [2.05, 4.69) is 144 Å². The van der Waals surface area contributed by atoms with E-state index in [9.17, 15) is 35.9 Å². The first kappa shape index (κ1) is 72.6. The maximum absolute atomic E-state index is 13.0. The van der Waals surface area contributed by atoms with Crippen LogP contribution < -0.4 is 5.73 Å². The maximum atomic E-state index is 13.0. The fraction of sp³-hybridized carbons (Fsp3) is 0.338. The molecule has 0 spiro atoms. The molecule has 9 nitrogen and oxygen atoms in total. The SMILES string of the molecule is CC(C)[Si](C(C)C)(C(C)C)n1cc(Cc2ccc(CC(=O)Cc3cccc(C(F)(F)F)c3)cc2)c2cccnc21.CC(C)[Si](C(C)C)(C(C)C)n1cc(Cc2ccc(N)cc2)c2cccnc21.O=C(Cc1ccc(Cc2c[nH]c3ncccc23)cc1)Cc1cccc(C(F)(F)F)c1. The largest absolute Gasteiger partial charge is 0.416 e. The number of aromatic nitrogens is 6. The van der Waals surface area contributed by atoms with E-state index in [1.807, 2.05) is 97.5 Å². The van der Waals surface area contributed by atoms with Crippen molar-refractivity contribution in [3.8, 4) is 0 Å². The molecule has 0 saturated carbocycles. The number of hydrogen-bond donors (Lipinski definition) is 2. The molecule has 0 atom stereocenters. The van der Waals surface area contributed by atoms with E-state index in [1.165, 1.54) is 39.6 Å². The number of aromatic amines is 1.